The number of hydrogen-bond acceptors (Lipinski definition) is 3. The van der Waals surface area contributed by atoms with Crippen molar-refractivity contribution < 1.29 is 19.1 Å². The summed E-state index contributed by atoms with van der Waals surface area (Å²) in [5, 5.41) is 8.94. The largest absolute Gasteiger partial charge is 0.481 e. The lowest BCUT2D eigenvalue weighted by Crippen LogP contribution is -2.40. The average Bonchev–Trinajstić information content (AvgIpc) is 2.87. The molecule has 0 aromatic carbocycles. The Kier molecular flexibility index (Phi) is 3.93. The van der Waals surface area contributed by atoms with Crippen LogP contribution in [0.3, 0.4) is 0 Å². The summed E-state index contributed by atoms with van der Waals surface area (Å²) in [6.07, 6.45) is 2.56. The van der Waals surface area contributed by atoms with Crippen LogP contribution in [0.1, 0.15) is 48.7 Å². The van der Waals surface area contributed by atoms with E-state index in [0.717, 1.165) is 5.56 Å². The molecule has 0 atom stereocenters. The Morgan fingerprint density at radius 1 is 1.37 bits per heavy atom. The predicted molar refractivity (Wildman–Crippen MR) is 69.1 cm³/mol. The van der Waals surface area contributed by atoms with Crippen molar-refractivity contribution in [1.82, 2.24) is 4.90 Å². The number of likely N-dealkylation sites (tertiary alicyclic amines) is 1. The number of nitrogens with zero attached hydrogens (tertiary/aromatic N) is 1. The van der Waals surface area contributed by atoms with Crippen LogP contribution in [0.25, 0.3) is 0 Å². The Balaban J connectivity index is 2.05. The number of hydrogen-bond donors (Lipinski definition) is 1. The van der Waals surface area contributed by atoms with E-state index >= 15 is 0 Å². The van der Waals surface area contributed by atoms with Gasteiger partial charge in [-0.1, -0.05) is 13.8 Å². The number of amides is 1. The zero-order valence-electron chi connectivity index (χ0n) is 11.3. The van der Waals surface area contributed by atoms with Crippen molar-refractivity contribution in [2.24, 2.45) is 5.92 Å². The third-order valence-corrected chi connectivity index (χ3v) is 3.64. The number of piperidine rings is 1. The summed E-state index contributed by atoms with van der Waals surface area (Å²) in [7, 11) is 0. The fraction of sp³-hybridized carbons (Fsp3) is 0.571. The van der Waals surface area contributed by atoms with Gasteiger partial charge in [0.2, 0.25) is 0 Å². The molecule has 1 fully saturated rings. The van der Waals surface area contributed by atoms with E-state index in [1.807, 2.05) is 19.9 Å². The second kappa shape index (κ2) is 5.47. The van der Waals surface area contributed by atoms with Crippen LogP contribution in [0.5, 0.6) is 0 Å². The number of carbonyl (C=O) groups excluding carboxylic acids is 1. The van der Waals surface area contributed by atoms with Crippen molar-refractivity contribution in [3.8, 4) is 0 Å². The number of carboxylic acids is 1. The molecule has 0 radical (unpaired) electrons. The van der Waals surface area contributed by atoms with Gasteiger partial charge >= 0.3 is 5.97 Å². The summed E-state index contributed by atoms with van der Waals surface area (Å²) in [5.74, 6) is -0.603. The molecule has 2 rings (SSSR count). The highest BCUT2D eigenvalue weighted by Gasteiger charge is 2.30. The standard InChI is InChI=1S/C14H19NO4/c1-9(2)11-5-8-19-12(11)13(16)15-6-3-10(4-7-15)14(17)18/h5,8-10H,3-4,6-7H2,1-2H3,(H,17,18). The summed E-state index contributed by atoms with van der Waals surface area (Å²) in [6.45, 7) is 4.98. The number of aliphatic carboxylic acids is 1. The smallest absolute Gasteiger partial charge is 0.306 e. The second-order valence-electron chi connectivity index (χ2n) is 5.26. The maximum absolute atomic E-state index is 12.3. The second-order valence-corrected chi connectivity index (χ2v) is 5.26. The normalized spacial score (nSPS) is 16.9. The van der Waals surface area contributed by atoms with E-state index in [4.69, 9.17) is 9.52 Å². The predicted octanol–water partition coefficient (Wildman–Crippen LogP) is 2.34. The third-order valence-electron chi connectivity index (χ3n) is 3.64. The summed E-state index contributed by atoms with van der Waals surface area (Å²) in [5.41, 5.74) is 0.908. The van der Waals surface area contributed by atoms with Gasteiger partial charge in [-0.05, 0) is 24.8 Å². The molecule has 5 heteroatoms. The van der Waals surface area contributed by atoms with Crippen molar-refractivity contribution in [3.05, 3.63) is 23.7 Å². The van der Waals surface area contributed by atoms with E-state index in [1.165, 1.54) is 6.26 Å². The molecule has 1 amide bonds. The maximum atomic E-state index is 12.3. The number of carboxylic acid groups (broad SMARTS) is 1. The monoisotopic (exact) mass is 265 g/mol. The molecule has 1 aromatic rings. The molecule has 0 unspecified atom stereocenters. The topological polar surface area (TPSA) is 70.8 Å². The van der Waals surface area contributed by atoms with Crippen LogP contribution >= 0.6 is 0 Å². The highest BCUT2D eigenvalue weighted by molar-refractivity contribution is 5.93. The first kappa shape index (κ1) is 13.6. The highest BCUT2D eigenvalue weighted by Crippen LogP contribution is 2.24. The van der Waals surface area contributed by atoms with Gasteiger partial charge in [0, 0.05) is 18.7 Å². The molecule has 0 spiro atoms. The molecule has 1 N–H and O–H groups in total. The number of rotatable bonds is 3. The Labute approximate surface area is 112 Å². The molecule has 2 heterocycles. The van der Waals surface area contributed by atoms with Gasteiger partial charge in [0.25, 0.3) is 5.91 Å². The highest BCUT2D eigenvalue weighted by atomic mass is 16.4. The van der Waals surface area contributed by atoms with Crippen LogP contribution < -0.4 is 0 Å². The minimum atomic E-state index is -0.770. The minimum absolute atomic E-state index is 0.127. The number of carbonyl (C=O) groups is 2. The van der Waals surface area contributed by atoms with Crippen LogP contribution in [0.15, 0.2) is 16.7 Å². The summed E-state index contributed by atoms with van der Waals surface area (Å²) in [6, 6.07) is 1.82. The lowest BCUT2D eigenvalue weighted by Gasteiger charge is -2.29. The van der Waals surface area contributed by atoms with Gasteiger partial charge in [-0.3, -0.25) is 9.59 Å². The van der Waals surface area contributed by atoms with E-state index in [1.54, 1.807) is 4.90 Å². The Morgan fingerprint density at radius 3 is 2.53 bits per heavy atom. The first-order valence-corrected chi connectivity index (χ1v) is 6.60. The molecule has 19 heavy (non-hydrogen) atoms. The Bertz CT molecular complexity index is 470. The van der Waals surface area contributed by atoms with Crippen molar-refractivity contribution in [1.29, 1.82) is 0 Å². The van der Waals surface area contributed by atoms with E-state index in [0.29, 0.717) is 31.7 Å². The van der Waals surface area contributed by atoms with Crippen LogP contribution in [0.4, 0.5) is 0 Å². The lowest BCUT2D eigenvalue weighted by molar-refractivity contribution is -0.143. The Morgan fingerprint density at radius 2 is 2.00 bits per heavy atom. The van der Waals surface area contributed by atoms with Crippen LogP contribution in [0, 0.1) is 5.92 Å². The van der Waals surface area contributed by atoms with Crippen LogP contribution in [-0.4, -0.2) is 35.0 Å². The molecule has 1 saturated heterocycles. The fourth-order valence-corrected chi connectivity index (χ4v) is 2.42. The molecule has 5 nitrogen and oxygen atoms in total. The van der Waals surface area contributed by atoms with E-state index < -0.39 is 5.97 Å². The summed E-state index contributed by atoms with van der Waals surface area (Å²) < 4.78 is 5.31. The van der Waals surface area contributed by atoms with Gasteiger partial charge in [0.15, 0.2) is 5.76 Å². The average molecular weight is 265 g/mol. The van der Waals surface area contributed by atoms with E-state index in [2.05, 4.69) is 0 Å². The van der Waals surface area contributed by atoms with Gasteiger partial charge < -0.3 is 14.4 Å². The van der Waals surface area contributed by atoms with Gasteiger partial charge in [-0.15, -0.1) is 0 Å². The molecule has 1 aliphatic heterocycles. The van der Waals surface area contributed by atoms with Crippen LogP contribution in [0.2, 0.25) is 0 Å². The maximum Gasteiger partial charge on any atom is 0.306 e. The molecule has 104 valence electrons. The van der Waals surface area contributed by atoms with Gasteiger partial charge in [0.05, 0.1) is 12.2 Å². The molecule has 1 aliphatic rings. The SMILES string of the molecule is CC(C)c1ccoc1C(=O)N1CCC(C(=O)O)CC1. The fourth-order valence-electron chi connectivity index (χ4n) is 2.42. The molecule has 0 bridgehead atoms. The van der Waals surface area contributed by atoms with Crippen molar-refractivity contribution in [2.45, 2.75) is 32.6 Å². The molecule has 1 aromatic heterocycles. The van der Waals surface area contributed by atoms with Gasteiger partial charge in [-0.2, -0.15) is 0 Å². The minimum Gasteiger partial charge on any atom is -0.481 e. The van der Waals surface area contributed by atoms with Gasteiger partial charge in [-0.25, -0.2) is 0 Å². The summed E-state index contributed by atoms with van der Waals surface area (Å²) >= 11 is 0. The van der Waals surface area contributed by atoms with Crippen LogP contribution in [-0.2, 0) is 4.79 Å². The van der Waals surface area contributed by atoms with E-state index in [-0.39, 0.29) is 17.7 Å². The zero-order valence-corrected chi connectivity index (χ0v) is 11.3. The Hall–Kier alpha value is -1.78. The van der Waals surface area contributed by atoms with E-state index in [9.17, 15) is 9.59 Å². The molecular formula is C14H19NO4. The first-order chi connectivity index (χ1) is 9.00. The zero-order chi connectivity index (χ0) is 14.0. The van der Waals surface area contributed by atoms with Crippen molar-refractivity contribution >= 4 is 11.9 Å². The summed E-state index contributed by atoms with van der Waals surface area (Å²) in [4.78, 5) is 24.9. The third kappa shape index (κ3) is 2.80. The first-order valence-electron chi connectivity index (χ1n) is 6.60. The quantitative estimate of drug-likeness (QED) is 0.910. The number of furan rings is 1. The lowest BCUT2D eigenvalue weighted by atomic mass is 9.96. The molecule has 0 saturated carbocycles. The molecular weight excluding hydrogens is 246 g/mol. The van der Waals surface area contributed by atoms with Crippen molar-refractivity contribution in [2.75, 3.05) is 13.1 Å². The molecule has 0 aliphatic carbocycles. The van der Waals surface area contributed by atoms with Gasteiger partial charge in [0.1, 0.15) is 0 Å². The van der Waals surface area contributed by atoms with Crippen molar-refractivity contribution in [3.63, 3.8) is 0 Å².